The number of rotatable bonds is 4. The van der Waals surface area contributed by atoms with E-state index in [4.69, 9.17) is 11.6 Å². The van der Waals surface area contributed by atoms with Crippen molar-refractivity contribution < 1.29 is 0 Å². The SMILES string of the molecule is CC(C)NCc1cccc(Cl)c1-n1ccnc1. The average Bonchev–Trinajstić information content (AvgIpc) is 2.79. The van der Waals surface area contributed by atoms with Gasteiger partial charge in [-0.25, -0.2) is 4.98 Å². The van der Waals surface area contributed by atoms with E-state index in [2.05, 4.69) is 30.2 Å². The normalized spacial score (nSPS) is 11.1. The van der Waals surface area contributed by atoms with Gasteiger partial charge in [-0.3, -0.25) is 0 Å². The number of hydrogen-bond acceptors (Lipinski definition) is 2. The smallest absolute Gasteiger partial charge is 0.0992 e. The van der Waals surface area contributed by atoms with Crippen molar-refractivity contribution in [1.82, 2.24) is 14.9 Å². The molecule has 0 amide bonds. The first kappa shape index (κ1) is 12.1. The van der Waals surface area contributed by atoms with Gasteiger partial charge in [-0.05, 0) is 11.6 Å². The second-order valence-corrected chi connectivity index (χ2v) is 4.66. The van der Waals surface area contributed by atoms with Gasteiger partial charge in [0.25, 0.3) is 0 Å². The van der Waals surface area contributed by atoms with Crippen LogP contribution in [0.5, 0.6) is 0 Å². The molecule has 0 saturated carbocycles. The Morgan fingerprint density at radius 1 is 1.41 bits per heavy atom. The molecule has 0 aliphatic rings. The molecule has 1 heterocycles. The summed E-state index contributed by atoms with van der Waals surface area (Å²) in [6, 6.07) is 6.40. The van der Waals surface area contributed by atoms with Crippen LogP contribution >= 0.6 is 11.6 Å². The molecule has 3 nitrogen and oxygen atoms in total. The predicted molar refractivity (Wildman–Crippen MR) is 70.5 cm³/mol. The van der Waals surface area contributed by atoms with Crippen molar-refractivity contribution in [3.8, 4) is 5.69 Å². The lowest BCUT2D eigenvalue weighted by molar-refractivity contribution is 0.587. The Balaban J connectivity index is 2.35. The quantitative estimate of drug-likeness (QED) is 0.903. The lowest BCUT2D eigenvalue weighted by Crippen LogP contribution is -2.22. The fourth-order valence-corrected chi connectivity index (χ4v) is 1.99. The Bertz CT molecular complexity index is 477. The van der Waals surface area contributed by atoms with Gasteiger partial charge in [0.15, 0.2) is 0 Å². The predicted octanol–water partition coefficient (Wildman–Crippen LogP) is 3.02. The second-order valence-electron chi connectivity index (χ2n) is 4.25. The number of nitrogens with one attached hydrogen (secondary N) is 1. The minimum atomic E-state index is 0.449. The van der Waals surface area contributed by atoms with Crippen LogP contribution in [0.3, 0.4) is 0 Å². The standard InChI is InChI=1S/C13H16ClN3/c1-10(2)16-8-11-4-3-5-12(14)13(11)17-7-6-15-9-17/h3-7,9-10,16H,8H2,1-2H3. The van der Waals surface area contributed by atoms with Crippen LogP contribution in [0.25, 0.3) is 5.69 Å². The van der Waals surface area contributed by atoms with Crippen LogP contribution in [0.2, 0.25) is 5.02 Å². The van der Waals surface area contributed by atoms with E-state index in [1.54, 1.807) is 12.5 Å². The van der Waals surface area contributed by atoms with Gasteiger partial charge in [0, 0.05) is 25.0 Å². The van der Waals surface area contributed by atoms with Crippen molar-refractivity contribution in [3.63, 3.8) is 0 Å². The first-order valence-electron chi connectivity index (χ1n) is 5.67. The zero-order chi connectivity index (χ0) is 12.3. The highest BCUT2D eigenvalue weighted by Crippen LogP contribution is 2.24. The Labute approximate surface area is 106 Å². The summed E-state index contributed by atoms with van der Waals surface area (Å²) >= 11 is 6.26. The van der Waals surface area contributed by atoms with Crippen LogP contribution in [-0.4, -0.2) is 15.6 Å². The van der Waals surface area contributed by atoms with Crippen LogP contribution in [0.15, 0.2) is 36.9 Å². The Hall–Kier alpha value is -1.32. The van der Waals surface area contributed by atoms with Gasteiger partial charge in [-0.1, -0.05) is 37.6 Å². The minimum absolute atomic E-state index is 0.449. The highest BCUT2D eigenvalue weighted by atomic mass is 35.5. The molecule has 0 saturated heterocycles. The summed E-state index contributed by atoms with van der Waals surface area (Å²) < 4.78 is 1.94. The summed E-state index contributed by atoms with van der Waals surface area (Å²) in [5.74, 6) is 0. The van der Waals surface area contributed by atoms with Crippen molar-refractivity contribution in [2.24, 2.45) is 0 Å². The van der Waals surface area contributed by atoms with Crippen LogP contribution in [0.1, 0.15) is 19.4 Å². The van der Waals surface area contributed by atoms with E-state index in [-0.39, 0.29) is 0 Å². The van der Waals surface area contributed by atoms with E-state index in [0.29, 0.717) is 6.04 Å². The summed E-state index contributed by atoms with van der Waals surface area (Å²) in [7, 11) is 0. The monoisotopic (exact) mass is 249 g/mol. The molecule has 2 aromatic rings. The van der Waals surface area contributed by atoms with E-state index in [9.17, 15) is 0 Å². The number of halogens is 1. The molecule has 0 unspecified atom stereocenters. The van der Waals surface area contributed by atoms with E-state index >= 15 is 0 Å². The first-order chi connectivity index (χ1) is 8.18. The third-order valence-electron chi connectivity index (χ3n) is 2.53. The third-order valence-corrected chi connectivity index (χ3v) is 2.84. The molecule has 0 fully saturated rings. The number of nitrogens with zero attached hydrogens (tertiary/aromatic N) is 2. The molecule has 0 radical (unpaired) electrons. The molecule has 17 heavy (non-hydrogen) atoms. The van der Waals surface area contributed by atoms with E-state index < -0.39 is 0 Å². The van der Waals surface area contributed by atoms with Crippen molar-refractivity contribution in [2.45, 2.75) is 26.4 Å². The Morgan fingerprint density at radius 3 is 2.88 bits per heavy atom. The summed E-state index contributed by atoms with van der Waals surface area (Å²) in [4.78, 5) is 4.06. The molecular weight excluding hydrogens is 234 g/mol. The van der Waals surface area contributed by atoms with E-state index in [1.807, 2.05) is 22.9 Å². The number of aromatic nitrogens is 2. The van der Waals surface area contributed by atoms with Gasteiger partial charge in [0.2, 0.25) is 0 Å². The van der Waals surface area contributed by atoms with E-state index in [1.165, 1.54) is 5.56 Å². The van der Waals surface area contributed by atoms with E-state index in [0.717, 1.165) is 17.3 Å². The molecule has 90 valence electrons. The van der Waals surface area contributed by atoms with Crippen molar-refractivity contribution in [2.75, 3.05) is 0 Å². The van der Waals surface area contributed by atoms with Crippen LogP contribution < -0.4 is 5.32 Å². The zero-order valence-electron chi connectivity index (χ0n) is 10.0. The summed E-state index contributed by atoms with van der Waals surface area (Å²) in [6.07, 6.45) is 5.42. The average molecular weight is 250 g/mol. The maximum absolute atomic E-state index is 6.26. The highest BCUT2D eigenvalue weighted by Gasteiger charge is 2.08. The summed E-state index contributed by atoms with van der Waals surface area (Å²) in [5, 5.41) is 4.14. The summed E-state index contributed by atoms with van der Waals surface area (Å²) in [6.45, 7) is 5.05. The number of para-hydroxylation sites is 1. The molecule has 1 aromatic carbocycles. The van der Waals surface area contributed by atoms with Gasteiger partial charge >= 0.3 is 0 Å². The molecule has 2 rings (SSSR count). The van der Waals surface area contributed by atoms with Gasteiger partial charge in [0.1, 0.15) is 0 Å². The molecule has 0 aliphatic carbocycles. The maximum atomic E-state index is 6.26. The van der Waals surface area contributed by atoms with Crippen molar-refractivity contribution in [3.05, 3.63) is 47.5 Å². The lowest BCUT2D eigenvalue weighted by Gasteiger charge is -2.14. The Morgan fingerprint density at radius 2 is 2.24 bits per heavy atom. The van der Waals surface area contributed by atoms with Gasteiger partial charge in [-0.2, -0.15) is 0 Å². The first-order valence-corrected chi connectivity index (χ1v) is 6.05. The number of benzene rings is 1. The van der Waals surface area contributed by atoms with Crippen LogP contribution in [-0.2, 0) is 6.54 Å². The fraction of sp³-hybridized carbons (Fsp3) is 0.308. The number of hydrogen-bond donors (Lipinski definition) is 1. The molecule has 1 N–H and O–H groups in total. The van der Waals surface area contributed by atoms with Gasteiger partial charge in [0.05, 0.1) is 17.0 Å². The molecule has 1 aromatic heterocycles. The fourth-order valence-electron chi connectivity index (χ4n) is 1.70. The van der Waals surface area contributed by atoms with Crippen LogP contribution in [0.4, 0.5) is 0 Å². The van der Waals surface area contributed by atoms with Gasteiger partial charge < -0.3 is 9.88 Å². The lowest BCUT2D eigenvalue weighted by atomic mass is 10.1. The topological polar surface area (TPSA) is 29.9 Å². The third kappa shape index (κ3) is 2.87. The van der Waals surface area contributed by atoms with Crippen molar-refractivity contribution in [1.29, 1.82) is 0 Å². The molecule has 4 heteroatoms. The van der Waals surface area contributed by atoms with Crippen LogP contribution in [0, 0.1) is 0 Å². The summed E-state index contributed by atoms with van der Waals surface area (Å²) in [5.41, 5.74) is 2.17. The molecular formula is C13H16ClN3. The molecule has 0 aliphatic heterocycles. The molecule has 0 bridgehead atoms. The minimum Gasteiger partial charge on any atom is -0.310 e. The van der Waals surface area contributed by atoms with Gasteiger partial charge in [-0.15, -0.1) is 0 Å². The molecule has 0 atom stereocenters. The van der Waals surface area contributed by atoms with Crippen molar-refractivity contribution >= 4 is 11.6 Å². The largest absolute Gasteiger partial charge is 0.310 e. The number of imidazole rings is 1. The second kappa shape index (κ2) is 5.34. The maximum Gasteiger partial charge on any atom is 0.0992 e. The highest BCUT2D eigenvalue weighted by molar-refractivity contribution is 6.32. The Kier molecular flexibility index (Phi) is 3.82. The molecule has 0 spiro atoms. The zero-order valence-corrected chi connectivity index (χ0v) is 10.8.